The van der Waals surface area contributed by atoms with Crippen LogP contribution in [-0.2, 0) is 14.3 Å². The summed E-state index contributed by atoms with van der Waals surface area (Å²) in [5, 5.41) is 2.98. The zero-order valence-electron chi connectivity index (χ0n) is 20.6. The summed E-state index contributed by atoms with van der Waals surface area (Å²) in [6, 6.07) is 7.53. The number of ketones is 1. The van der Waals surface area contributed by atoms with E-state index >= 15 is 0 Å². The minimum Gasteiger partial charge on any atom is -0.371 e. The van der Waals surface area contributed by atoms with Gasteiger partial charge in [0.1, 0.15) is 12.0 Å². The van der Waals surface area contributed by atoms with Gasteiger partial charge >= 0.3 is 0 Å². The average molecular weight is 494 g/mol. The molecule has 33 heavy (non-hydrogen) atoms. The van der Waals surface area contributed by atoms with Gasteiger partial charge in [0.05, 0.1) is 13.2 Å². The van der Waals surface area contributed by atoms with E-state index in [9.17, 15) is 9.59 Å². The largest absolute Gasteiger partial charge is 0.371 e. The van der Waals surface area contributed by atoms with Crippen LogP contribution in [0.5, 0.6) is 0 Å². The smallest absolute Gasteiger partial charge is 0.251 e. The molecule has 1 aromatic rings. The number of nitrogens with one attached hydrogen (secondary N) is 1. The minimum absolute atomic E-state index is 0.0476. The van der Waals surface area contributed by atoms with E-state index in [2.05, 4.69) is 31.0 Å². The third-order valence-electron chi connectivity index (χ3n) is 4.55. The Morgan fingerprint density at radius 2 is 1.82 bits per heavy atom. The van der Waals surface area contributed by atoms with Gasteiger partial charge in [0.25, 0.3) is 5.91 Å². The number of rotatable bonds is 16. The van der Waals surface area contributed by atoms with Crippen LogP contribution in [0.4, 0.5) is 0 Å². The number of carbonyl (C=O) groups excluding carboxylic acids is 2. The minimum atomic E-state index is -0.172. The lowest BCUT2D eigenvalue weighted by atomic mass is 10.1. The molecule has 1 unspecified atom stereocenters. The molecular weight excluding hydrogens is 454 g/mol. The normalized spacial score (nSPS) is 11.8. The molecule has 0 aromatic heterocycles. The van der Waals surface area contributed by atoms with E-state index in [0.29, 0.717) is 50.0 Å². The highest BCUT2D eigenvalue weighted by atomic mass is 33.1. The first-order valence-electron chi connectivity index (χ1n) is 11.6. The Morgan fingerprint density at radius 1 is 1.09 bits per heavy atom. The van der Waals surface area contributed by atoms with E-state index in [1.54, 1.807) is 21.6 Å². The molecule has 1 atom stereocenters. The van der Waals surface area contributed by atoms with Crippen molar-refractivity contribution in [2.75, 3.05) is 32.6 Å². The lowest BCUT2D eigenvalue weighted by molar-refractivity contribution is -0.124. The highest BCUT2D eigenvalue weighted by molar-refractivity contribution is 8.76. The van der Waals surface area contributed by atoms with Crippen LogP contribution in [0.25, 0.3) is 0 Å². The summed E-state index contributed by atoms with van der Waals surface area (Å²) in [4.78, 5) is 24.1. The lowest BCUT2D eigenvalue weighted by Gasteiger charge is -2.17. The van der Waals surface area contributed by atoms with Crippen molar-refractivity contribution in [3.8, 4) is 11.8 Å². The third-order valence-corrected chi connectivity index (χ3v) is 6.43. The molecular formula is C26H39NO4S2. The summed E-state index contributed by atoms with van der Waals surface area (Å²) in [6.45, 7) is 9.95. The first-order valence-corrected chi connectivity index (χ1v) is 14.2. The second kappa shape index (κ2) is 17.9. The van der Waals surface area contributed by atoms with Crippen molar-refractivity contribution in [3.63, 3.8) is 0 Å². The second-order valence-electron chi connectivity index (χ2n) is 8.45. The van der Waals surface area contributed by atoms with Crippen molar-refractivity contribution in [1.29, 1.82) is 0 Å². The predicted octanol–water partition coefficient (Wildman–Crippen LogP) is 5.90. The molecule has 0 saturated heterocycles. The van der Waals surface area contributed by atoms with Gasteiger partial charge in [-0.3, -0.25) is 9.59 Å². The Labute approximate surface area is 207 Å². The summed E-state index contributed by atoms with van der Waals surface area (Å²) in [5.41, 5.74) is 1.47. The van der Waals surface area contributed by atoms with Crippen LogP contribution in [-0.4, -0.2) is 44.3 Å². The second-order valence-corrected chi connectivity index (χ2v) is 11.0. The van der Waals surface area contributed by atoms with Gasteiger partial charge in [0.15, 0.2) is 5.78 Å². The fraction of sp³-hybridized carbons (Fsp3) is 0.615. The van der Waals surface area contributed by atoms with Crippen LogP contribution in [0.3, 0.4) is 0 Å². The van der Waals surface area contributed by atoms with E-state index in [0.717, 1.165) is 18.4 Å². The zero-order chi connectivity index (χ0) is 24.5. The van der Waals surface area contributed by atoms with Crippen molar-refractivity contribution in [3.05, 3.63) is 35.4 Å². The Balaban J connectivity index is 2.38. The topological polar surface area (TPSA) is 64.6 Å². The summed E-state index contributed by atoms with van der Waals surface area (Å²) in [6.07, 6.45) is 5.09. The molecule has 0 aliphatic carbocycles. The Kier molecular flexibility index (Phi) is 16.1. The van der Waals surface area contributed by atoms with Gasteiger partial charge in [-0.1, -0.05) is 61.4 Å². The maximum atomic E-state index is 12.3. The van der Waals surface area contributed by atoms with Crippen LogP contribution in [0, 0.1) is 23.7 Å². The lowest BCUT2D eigenvalue weighted by Crippen LogP contribution is -2.24. The third kappa shape index (κ3) is 14.4. The number of amides is 1. The van der Waals surface area contributed by atoms with Gasteiger partial charge in [-0.15, -0.1) is 11.8 Å². The molecule has 1 amide bonds. The maximum absolute atomic E-state index is 12.3. The fourth-order valence-electron chi connectivity index (χ4n) is 2.82. The monoisotopic (exact) mass is 493 g/mol. The van der Waals surface area contributed by atoms with E-state index in [-0.39, 0.29) is 23.7 Å². The van der Waals surface area contributed by atoms with Crippen LogP contribution in [0.1, 0.15) is 74.7 Å². The molecule has 0 aliphatic heterocycles. The van der Waals surface area contributed by atoms with Crippen LogP contribution < -0.4 is 5.32 Å². The van der Waals surface area contributed by atoms with Gasteiger partial charge in [-0.05, 0) is 42.7 Å². The highest BCUT2D eigenvalue weighted by Crippen LogP contribution is 2.37. The SMILES string of the molecule is CSSC(OCCOCC(=O)CCC#CC(C)C)c1ccc(C(=O)NCCCC(C)C)cc1. The fourth-order valence-corrected chi connectivity index (χ4v) is 4.44. The van der Waals surface area contributed by atoms with Gasteiger partial charge in [0, 0.05) is 30.9 Å². The maximum Gasteiger partial charge on any atom is 0.251 e. The molecule has 0 aliphatic rings. The number of Topliss-reactive ketones (excluding diaryl/α,β-unsaturated/α-hetero) is 1. The molecule has 7 heteroatoms. The van der Waals surface area contributed by atoms with Gasteiger partial charge < -0.3 is 14.8 Å². The molecule has 0 heterocycles. The van der Waals surface area contributed by atoms with Crippen molar-refractivity contribution in [2.45, 2.75) is 58.8 Å². The number of ether oxygens (including phenoxy) is 2. The molecule has 0 bridgehead atoms. The molecule has 0 spiro atoms. The van der Waals surface area contributed by atoms with Crippen LogP contribution >= 0.6 is 21.6 Å². The van der Waals surface area contributed by atoms with Crippen molar-refractivity contribution in [2.24, 2.45) is 11.8 Å². The van der Waals surface area contributed by atoms with E-state index < -0.39 is 0 Å². The highest BCUT2D eigenvalue weighted by Gasteiger charge is 2.14. The molecule has 0 radical (unpaired) electrons. The molecule has 1 rings (SSSR count). The zero-order valence-corrected chi connectivity index (χ0v) is 22.3. The summed E-state index contributed by atoms with van der Waals surface area (Å²) in [5.74, 6) is 7.04. The van der Waals surface area contributed by atoms with Gasteiger partial charge in [-0.25, -0.2) is 0 Å². The molecule has 0 fully saturated rings. The molecule has 0 saturated carbocycles. The summed E-state index contributed by atoms with van der Waals surface area (Å²) < 4.78 is 11.4. The van der Waals surface area contributed by atoms with Crippen molar-refractivity contribution < 1.29 is 19.1 Å². The Hall–Kier alpha value is -1.46. The van der Waals surface area contributed by atoms with Crippen LogP contribution in [0.2, 0.25) is 0 Å². The molecule has 5 nitrogen and oxygen atoms in total. The quantitative estimate of drug-likeness (QED) is 0.134. The number of hydrogen-bond donors (Lipinski definition) is 1. The first-order chi connectivity index (χ1) is 15.8. The molecule has 184 valence electrons. The molecule has 1 N–H and O–H groups in total. The summed E-state index contributed by atoms with van der Waals surface area (Å²) in [7, 11) is 3.22. The van der Waals surface area contributed by atoms with Crippen molar-refractivity contribution in [1.82, 2.24) is 5.32 Å². The summed E-state index contributed by atoms with van der Waals surface area (Å²) >= 11 is 0. The molecule has 1 aromatic carbocycles. The Morgan fingerprint density at radius 3 is 2.45 bits per heavy atom. The Bertz CT molecular complexity index is 754. The predicted molar refractivity (Wildman–Crippen MR) is 140 cm³/mol. The van der Waals surface area contributed by atoms with E-state index in [1.807, 2.05) is 44.4 Å². The van der Waals surface area contributed by atoms with Gasteiger partial charge in [-0.2, -0.15) is 0 Å². The number of benzene rings is 1. The average Bonchev–Trinajstić information content (AvgIpc) is 2.78. The van der Waals surface area contributed by atoms with Gasteiger partial charge in [0.2, 0.25) is 0 Å². The van der Waals surface area contributed by atoms with E-state index in [4.69, 9.17) is 9.47 Å². The van der Waals surface area contributed by atoms with Crippen molar-refractivity contribution >= 4 is 33.3 Å². The number of carbonyl (C=O) groups is 2. The first kappa shape index (κ1) is 29.6. The number of hydrogen-bond acceptors (Lipinski definition) is 6. The van der Waals surface area contributed by atoms with E-state index in [1.165, 1.54) is 0 Å². The van der Waals surface area contributed by atoms with Crippen LogP contribution in [0.15, 0.2) is 24.3 Å². The standard InChI is InChI=1S/C26H39NO4S2/c1-20(2)9-6-7-11-24(28)19-30-17-18-31-26(33-32-5)23-14-12-22(13-15-23)25(29)27-16-8-10-21(3)4/h12-15,20-21,26H,7-8,10-11,16-19H2,1-5H3,(H,27,29).